The third-order valence-electron chi connectivity index (χ3n) is 3.04. The molecule has 0 bridgehead atoms. The molecular weight excluding hydrogens is 205 g/mol. The second-order valence-corrected chi connectivity index (χ2v) is 4.93. The lowest BCUT2D eigenvalue weighted by Crippen LogP contribution is -2.32. The van der Waals surface area contributed by atoms with Crippen molar-refractivity contribution < 1.29 is 9.13 Å². The molecule has 1 atom stereocenters. The van der Waals surface area contributed by atoms with Gasteiger partial charge in [-0.2, -0.15) is 0 Å². The molecule has 3 heteroatoms. The molecule has 1 unspecified atom stereocenters. The average molecular weight is 223 g/mol. The molecule has 88 valence electrons. The number of halogens is 1. The van der Waals surface area contributed by atoms with E-state index in [1.54, 1.807) is 6.07 Å². The van der Waals surface area contributed by atoms with Crippen molar-refractivity contribution in [1.29, 1.82) is 0 Å². The van der Waals surface area contributed by atoms with E-state index in [0.717, 1.165) is 24.2 Å². The Morgan fingerprint density at radius 1 is 1.50 bits per heavy atom. The van der Waals surface area contributed by atoms with Crippen LogP contribution in [0.2, 0.25) is 0 Å². The highest BCUT2D eigenvalue weighted by atomic mass is 19.1. The Kier molecular flexibility index (Phi) is 2.89. The molecule has 0 amide bonds. The monoisotopic (exact) mass is 223 g/mol. The van der Waals surface area contributed by atoms with Crippen LogP contribution in [0.3, 0.4) is 0 Å². The van der Waals surface area contributed by atoms with Crippen molar-refractivity contribution in [1.82, 2.24) is 0 Å². The summed E-state index contributed by atoms with van der Waals surface area (Å²) in [6.07, 6.45) is 0.830. The van der Waals surface area contributed by atoms with Crippen LogP contribution in [0.5, 0.6) is 5.75 Å². The maximum absolute atomic E-state index is 13.4. The first-order chi connectivity index (χ1) is 7.52. The largest absolute Gasteiger partial charge is 0.488 e. The van der Waals surface area contributed by atoms with Crippen LogP contribution in [0.15, 0.2) is 18.2 Å². The second-order valence-electron chi connectivity index (χ2n) is 4.93. The van der Waals surface area contributed by atoms with Crippen LogP contribution >= 0.6 is 0 Å². The summed E-state index contributed by atoms with van der Waals surface area (Å²) in [5.41, 5.74) is 6.95. The van der Waals surface area contributed by atoms with E-state index in [4.69, 9.17) is 10.5 Å². The van der Waals surface area contributed by atoms with Gasteiger partial charge in [-0.15, -0.1) is 0 Å². The normalized spacial score (nSPS) is 19.8. The average Bonchev–Trinajstić information content (AvgIpc) is 2.26. The van der Waals surface area contributed by atoms with E-state index in [0.29, 0.717) is 5.56 Å². The van der Waals surface area contributed by atoms with E-state index in [-0.39, 0.29) is 12.1 Å². The lowest BCUT2D eigenvalue weighted by Gasteiger charge is -2.32. The minimum atomic E-state index is -1.07. The minimum Gasteiger partial charge on any atom is -0.488 e. The molecule has 0 fully saturated rings. The summed E-state index contributed by atoms with van der Waals surface area (Å²) in [5.74, 6) is 0.879. The van der Waals surface area contributed by atoms with Gasteiger partial charge >= 0.3 is 0 Å². The zero-order chi connectivity index (χ0) is 11.8. The highest BCUT2D eigenvalue weighted by Gasteiger charge is 2.26. The maximum Gasteiger partial charge on any atom is 0.137 e. The maximum atomic E-state index is 13.4. The Hall–Kier alpha value is -1.09. The van der Waals surface area contributed by atoms with Crippen molar-refractivity contribution in [3.8, 4) is 5.75 Å². The molecule has 0 aliphatic carbocycles. The Balaban J connectivity index is 2.28. The van der Waals surface area contributed by atoms with Crippen molar-refractivity contribution in [2.24, 2.45) is 5.73 Å². The van der Waals surface area contributed by atoms with Crippen molar-refractivity contribution in [3.63, 3.8) is 0 Å². The van der Waals surface area contributed by atoms with E-state index in [2.05, 4.69) is 13.8 Å². The van der Waals surface area contributed by atoms with Crippen molar-refractivity contribution in [2.75, 3.05) is 6.54 Å². The quantitative estimate of drug-likeness (QED) is 0.836. The van der Waals surface area contributed by atoms with Crippen LogP contribution in [-0.4, -0.2) is 12.1 Å². The number of hydrogen-bond donors (Lipinski definition) is 1. The van der Waals surface area contributed by atoms with Crippen LogP contribution in [0, 0.1) is 0 Å². The third-order valence-corrected chi connectivity index (χ3v) is 3.04. The van der Waals surface area contributed by atoms with Gasteiger partial charge in [-0.25, -0.2) is 4.39 Å². The molecule has 0 saturated heterocycles. The van der Waals surface area contributed by atoms with Gasteiger partial charge in [-0.3, -0.25) is 0 Å². The number of nitrogens with two attached hydrogens (primary N) is 1. The molecule has 2 N–H and O–H groups in total. The molecule has 0 spiro atoms. The summed E-state index contributed by atoms with van der Waals surface area (Å²) in [6.45, 7) is 4.18. The number of fused-ring (bicyclic) bond motifs is 1. The number of hydrogen-bond acceptors (Lipinski definition) is 2. The van der Waals surface area contributed by atoms with Crippen LogP contribution < -0.4 is 10.5 Å². The summed E-state index contributed by atoms with van der Waals surface area (Å²) in [4.78, 5) is 0. The first-order valence-electron chi connectivity index (χ1n) is 5.68. The zero-order valence-corrected chi connectivity index (χ0v) is 9.79. The second kappa shape index (κ2) is 4.06. The lowest BCUT2D eigenvalue weighted by molar-refractivity contribution is 0.0846. The van der Waals surface area contributed by atoms with Crippen molar-refractivity contribution in [2.45, 2.75) is 38.5 Å². The number of aryl methyl sites for hydroxylation is 1. The Morgan fingerprint density at radius 2 is 2.25 bits per heavy atom. The fourth-order valence-corrected chi connectivity index (χ4v) is 2.01. The topological polar surface area (TPSA) is 35.2 Å². The lowest BCUT2D eigenvalue weighted by atomic mass is 9.93. The van der Waals surface area contributed by atoms with Gasteiger partial charge in [-0.1, -0.05) is 6.07 Å². The number of alkyl halides is 1. The summed E-state index contributed by atoms with van der Waals surface area (Å²) in [5, 5.41) is 0. The molecule has 0 radical (unpaired) electrons. The van der Waals surface area contributed by atoms with E-state index >= 15 is 0 Å². The fraction of sp³-hybridized carbons (Fsp3) is 0.538. The summed E-state index contributed by atoms with van der Waals surface area (Å²) < 4.78 is 19.3. The smallest absolute Gasteiger partial charge is 0.137 e. The number of benzene rings is 1. The molecule has 1 aliphatic rings. The molecule has 16 heavy (non-hydrogen) atoms. The van der Waals surface area contributed by atoms with E-state index in [1.165, 1.54) is 0 Å². The van der Waals surface area contributed by atoms with Gasteiger partial charge in [-0.05, 0) is 49.9 Å². The Bertz CT molecular complexity index is 390. The zero-order valence-electron chi connectivity index (χ0n) is 9.79. The number of ether oxygens (including phenoxy) is 1. The summed E-state index contributed by atoms with van der Waals surface area (Å²) >= 11 is 0. The van der Waals surface area contributed by atoms with Gasteiger partial charge in [0, 0.05) is 6.54 Å². The fourth-order valence-electron chi connectivity index (χ4n) is 2.01. The first-order valence-corrected chi connectivity index (χ1v) is 5.68. The molecule has 1 aromatic carbocycles. The predicted molar refractivity (Wildman–Crippen MR) is 62.4 cm³/mol. The molecule has 1 aromatic rings. The van der Waals surface area contributed by atoms with Gasteiger partial charge in [0.25, 0.3) is 0 Å². The van der Waals surface area contributed by atoms with Crippen molar-refractivity contribution in [3.05, 3.63) is 29.3 Å². The highest BCUT2D eigenvalue weighted by molar-refractivity contribution is 5.40. The highest BCUT2D eigenvalue weighted by Crippen LogP contribution is 2.34. The van der Waals surface area contributed by atoms with Gasteiger partial charge in [0.05, 0.1) is 0 Å². The Labute approximate surface area is 95.6 Å². The van der Waals surface area contributed by atoms with Gasteiger partial charge in [0.15, 0.2) is 0 Å². The summed E-state index contributed by atoms with van der Waals surface area (Å²) in [6, 6.07) is 5.49. The predicted octanol–water partition coefficient (Wildman–Crippen LogP) is 2.76. The standard InChI is InChI=1S/C13H18FNO/c1-13(2)6-5-10-7-9(11(14)8-15)3-4-12(10)16-13/h3-4,7,11H,5-6,8,15H2,1-2H3. The van der Waals surface area contributed by atoms with Crippen molar-refractivity contribution >= 4 is 0 Å². The molecule has 2 rings (SSSR count). The minimum absolute atomic E-state index is 0.0329. The molecular formula is C13H18FNO. The molecule has 1 aliphatic heterocycles. The van der Waals surface area contributed by atoms with Gasteiger partial charge in [0.2, 0.25) is 0 Å². The van der Waals surface area contributed by atoms with E-state index < -0.39 is 6.17 Å². The number of rotatable bonds is 2. The Morgan fingerprint density at radius 3 is 2.94 bits per heavy atom. The van der Waals surface area contributed by atoms with E-state index in [1.807, 2.05) is 12.1 Å². The van der Waals surface area contributed by atoms with Gasteiger partial charge in [0.1, 0.15) is 17.5 Å². The summed E-state index contributed by atoms with van der Waals surface area (Å²) in [7, 11) is 0. The molecule has 1 heterocycles. The SMILES string of the molecule is CC1(C)CCc2cc(C(F)CN)ccc2O1. The van der Waals surface area contributed by atoms with Crippen LogP contribution in [0.1, 0.15) is 37.6 Å². The first kappa shape index (κ1) is 11.4. The van der Waals surface area contributed by atoms with Crippen LogP contribution in [0.25, 0.3) is 0 Å². The van der Waals surface area contributed by atoms with Crippen LogP contribution in [0.4, 0.5) is 4.39 Å². The molecule has 0 saturated carbocycles. The third kappa shape index (κ3) is 2.19. The molecule has 2 nitrogen and oxygen atoms in total. The molecule has 0 aromatic heterocycles. The van der Waals surface area contributed by atoms with Gasteiger partial charge < -0.3 is 10.5 Å². The van der Waals surface area contributed by atoms with E-state index in [9.17, 15) is 4.39 Å². The van der Waals surface area contributed by atoms with Crippen LogP contribution in [-0.2, 0) is 6.42 Å².